The number of hydrogen-bond donors (Lipinski definition) is 1. The molecule has 0 aliphatic carbocycles. The lowest BCUT2D eigenvalue weighted by Crippen LogP contribution is -1.99. The van der Waals surface area contributed by atoms with Crippen LogP contribution in [-0.2, 0) is 6.54 Å². The minimum absolute atomic E-state index is 0.484. The van der Waals surface area contributed by atoms with Gasteiger partial charge in [0.15, 0.2) is 0 Å². The Bertz CT molecular complexity index is 555. The van der Waals surface area contributed by atoms with Crippen LogP contribution in [0.1, 0.15) is 5.56 Å². The highest BCUT2D eigenvalue weighted by atomic mass is 79.9. The molecule has 0 aliphatic heterocycles. The molecule has 0 spiro atoms. The third-order valence-electron chi connectivity index (χ3n) is 2.34. The van der Waals surface area contributed by atoms with E-state index in [9.17, 15) is 0 Å². The van der Waals surface area contributed by atoms with Crippen LogP contribution in [0.25, 0.3) is 0 Å². The van der Waals surface area contributed by atoms with E-state index in [2.05, 4.69) is 15.9 Å². The second kappa shape index (κ2) is 6.31. The molecule has 2 aromatic rings. The average molecular weight is 363 g/mol. The van der Waals surface area contributed by atoms with Crippen LogP contribution in [0.2, 0.25) is 10.0 Å². The van der Waals surface area contributed by atoms with Gasteiger partial charge >= 0.3 is 0 Å². The largest absolute Gasteiger partial charge is 0.326 e. The maximum absolute atomic E-state index is 5.99. The lowest BCUT2D eigenvalue weighted by atomic mass is 10.2. The quantitative estimate of drug-likeness (QED) is 0.794. The van der Waals surface area contributed by atoms with Crippen LogP contribution in [0.4, 0.5) is 0 Å². The van der Waals surface area contributed by atoms with Crippen LogP contribution in [0.3, 0.4) is 0 Å². The van der Waals surface area contributed by atoms with E-state index in [1.807, 2.05) is 30.3 Å². The molecule has 0 bridgehead atoms. The molecule has 0 atom stereocenters. The van der Waals surface area contributed by atoms with Gasteiger partial charge in [-0.25, -0.2) is 0 Å². The molecule has 0 heterocycles. The lowest BCUT2D eigenvalue weighted by molar-refractivity contribution is 1.02. The number of hydrogen-bond acceptors (Lipinski definition) is 2. The summed E-state index contributed by atoms with van der Waals surface area (Å²) in [7, 11) is 0. The number of nitrogens with two attached hydrogens (primary N) is 1. The van der Waals surface area contributed by atoms with Crippen LogP contribution in [0, 0.1) is 0 Å². The summed E-state index contributed by atoms with van der Waals surface area (Å²) in [5.74, 6) is 0. The molecule has 0 saturated heterocycles. The van der Waals surface area contributed by atoms with Crippen LogP contribution in [0.5, 0.6) is 0 Å². The van der Waals surface area contributed by atoms with Crippen molar-refractivity contribution in [2.24, 2.45) is 5.73 Å². The van der Waals surface area contributed by atoms with Crippen LogP contribution in [0.15, 0.2) is 50.7 Å². The molecule has 0 saturated carbocycles. The lowest BCUT2D eigenvalue weighted by Gasteiger charge is -2.09. The van der Waals surface area contributed by atoms with Crippen molar-refractivity contribution in [1.29, 1.82) is 0 Å². The van der Waals surface area contributed by atoms with Gasteiger partial charge in [0.25, 0.3) is 0 Å². The molecule has 2 aromatic carbocycles. The number of benzene rings is 2. The van der Waals surface area contributed by atoms with E-state index in [1.54, 1.807) is 17.8 Å². The molecule has 94 valence electrons. The van der Waals surface area contributed by atoms with Crippen molar-refractivity contribution in [3.05, 3.63) is 56.5 Å². The van der Waals surface area contributed by atoms with Crippen molar-refractivity contribution in [2.75, 3.05) is 0 Å². The van der Waals surface area contributed by atoms with Crippen LogP contribution < -0.4 is 5.73 Å². The molecular weight excluding hydrogens is 353 g/mol. The minimum atomic E-state index is 0.484. The van der Waals surface area contributed by atoms with Gasteiger partial charge in [0, 0.05) is 30.9 Å². The summed E-state index contributed by atoms with van der Waals surface area (Å²) in [6.07, 6.45) is 0. The molecule has 0 aromatic heterocycles. The molecule has 0 radical (unpaired) electrons. The Morgan fingerprint density at radius 1 is 1.11 bits per heavy atom. The van der Waals surface area contributed by atoms with Crippen molar-refractivity contribution in [3.63, 3.8) is 0 Å². The number of halogens is 3. The predicted molar refractivity (Wildman–Crippen MR) is 82.6 cm³/mol. The average Bonchev–Trinajstić information content (AvgIpc) is 2.27. The SMILES string of the molecule is NCc1c(Br)cccc1Sc1cc(Cl)cc(Cl)c1. The zero-order valence-electron chi connectivity index (χ0n) is 9.29. The van der Waals surface area contributed by atoms with E-state index < -0.39 is 0 Å². The summed E-state index contributed by atoms with van der Waals surface area (Å²) in [4.78, 5) is 2.10. The van der Waals surface area contributed by atoms with Gasteiger partial charge in [-0.3, -0.25) is 0 Å². The standard InChI is InChI=1S/C13H10BrCl2NS/c14-12-2-1-3-13(11(12)7-17)18-10-5-8(15)4-9(16)6-10/h1-6H,7,17H2. The maximum Gasteiger partial charge on any atom is 0.0432 e. The van der Waals surface area contributed by atoms with Crippen LogP contribution in [-0.4, -0.2) is 0 Å². The van der Waals surface area contributed by atoms with E-state index in [-0.39, 0.29) is 0 Å². The van der Waals surface area contributed by atoms with Gasteiger partial charge in [-0.05, 0) is 35.9 Å². The fourth-order valence-corrected chi connectivity index (χ4v) is 3.95. The predicted octanol–water partition coefficient (Wildman–Crippen LogP) is 5.37. The first-order chi connectivity index (χ1) is 8.60. The smallest absolute Gasteiger partial charge is 0.0432 e. The summed E-state index contributed by atoms with van der Waals surface area (Å²) >= 11 is 17.1. The third-order valence-corrected chi connectivity index (χ3v) is 4.60. The first-order valence-corrected chi connectivity index (χ1v) is 7.58. The Balaban J connectivity index is 2.36. The summed E-state index contributed by atoms with van der Waals surface area (Å²) in [6.45, 7) is 0.484. The molecule has 1 nitrogen and oxygen atoms in total. The van der Waals surface area contributed by atoms with Gasteiger partial charge in [0.1, 0.15) is 0 Å². The summed E-state index contributed by atoms with van der Waals surface area (Å²) < 4.78 is 1.02. The fraction of sp³-hybridized carbons (Fsp3) is 0.0769. The van der Waals surface area contributed by atoms with Gasteiger partial charge in [0.05, 0.1) is 0 Å². The minimum Gasteiger partial charge on any atom is -0.326 e. The highest BCUT2D eigenvalue weighted by Gasteiger charge is 2.07. The van der Waals surface area contributed by atoms with Gasteiger partial charge in [-0.1, -0.05) is 57.0 Å². The topological polar surface area (TPSA) is 26.0 Å². The van der Waals surface area contributed by atoms with E-state index in [0.29, 0.717) is 16.6 Å². The van der Waals surface area contributed by atoms with Crippen molar-refractivity contribution in [2.45, 2.75) is 16.3 Å². The highest BCUT2D eigenvalue weighted by Crippen LogP contribution is 2.36. The van der Waals surface area contributed by atoms with Crippen LogP contribution >= 0.6 is 50.9 Å². The second-order valence-corrected chi connectivity index (χ2v) is 6.47. The zero-order chi connectivity index (χ0) is 13.1. The Morgan fingerprint density at radius 2 is 1.78 bits per heavy atom. The fourth-order valence-electron chi connectivity index (χ4n) is 1.55. The molecule has 2 rings (SSSR count). The molecule has 0 unspecified atom stereocenters. The summed E-state index contributed by atoms with van der Waals surface area (Å²) in [6, 6.07) is 11.5. The summed E-state index contributed by atoms with van der Waals surface area (Å²) in [5, 5.41) is 1.27. The monoisotopic (exact) mass is 361 g/mol. The Morgan fingerprint density at radius 3 is 2.39 bits per heavy atom. The summed E-state index contributed by atoms with van der Waals surface area (Å²) in [5.41, 5.74) is 6.85. The molecule has 0 fully saturated rings. The second-order valence-electron chi connectivity index (χ2n) is 3.63. The Labute approximate surface area is 129 Å². The molecule has 0 amide bonds. The van der Waals surface area contributed by atoms with Crippen molar-refractivity contribution < 1.29 is 0 Å². The highest BCUT2D eigenvalue weighted by molar-refractivity contribution is 9.10. The first-order valence-electron chi connectivity index (χ1n) is 5.21. The zero-order valence-corrected chi connectivity index (χ0v) is 13.2. The number of rotatable bonds is 3. The van der Waals surface area contributed by atoms with Crippen molar-refractivity contribution in [1.82, 2.24) is 0 Å². The molecule has 18 heavy (non-hydrogen) atoms. The maximum atomic E-state index is 5.99. The normalized spacial score (nSPS) is 10.7. The van der Waals surface area contributed by atoms with E-state index >= 15 is 0 Å². The molecular formula is C13H10BrCl2NS. The van der Waals surface area contributed by atoms with E-state index in [1.165, 1.54) is 0 Å². The van der Waals surface area contributed by atoms with E-state index in [0.717, 1.165) is 19.8 Å². The van der Waals surface area contributed by atoms with E-state index in [4.69, 9.17) is 28.9 Å². The Kier molecular flexibility index (Phi) is 4.98. The molecule has 0 aliphatic rings. The first kappa shape index (κ1) is 14.2. The van der Waals surface area contributed by atoms with Crippen molar-refractivity contribution in [3.8, 4) is 0 Å². The molecule has 5 heteroatoms. The van der Waals surface area contributed by atoms with Gasteiger partial charge in [-0.15, -0.1) is 0 Å². The third kappa shape index (κ3) is 3.43. The Hall–Kier alpha value is -0.190. The molecule has 2 N–H and O–H groups in total. The van der Waals surface area contributed by atoms with Crippen molar-refractivity contribution >= 4 is 50.9 Å². The van der Waals surface area contributed by atoms with Gasteiger partial charge < -0.3 is 5.73 Å². The van der Waals surface area contributed by atoms with Gasteiger partial charge in [-0.2, -0.15) is 0 Å². The van der Waals surface area contributed by atoms with Gasteiger partial charge in [0.2, 0.25) is 0 Å².